The van der Waals surface area contributed by atoms with Crippen LogP contribution < -0.4 is 10.6 Å². The van der Waals surface area contributed by atoms with Crippen LogP contribution in [-0.2, 0) is 15.7 Å². The Bertz CT molecular complexity index is 900. The molecule has 128 valence electrons. The highest BCUT2D eigenvalue weighted by atomic mass is 35.5. The second kappa shape index (κ2) is 5.33. The molecule has 0 spiro atoms. The van der Waals surface area contributed by atoms with E-state index in [1.807, 2.05) is 44.2 Å². The smallest absolute Gasteiger partial charge is 0.252 e. The summed E-state index contributed by atoms with van der Waals surface area (Å²) in [5, 5.41) is 6.67. The highest BCUT2D eigenvalue weighted by Gasteiger charge is 2.46. The maximum Gasteiger partial charge on any atom is 0.252 e. The van der Waals surface area contributed by atoms with Gasteiger partial charge < -0.3 is 10.6 Å². The highest BCUT2D eigenvalue weighted by Crippen LogP contribution is 2.46. The summed E-state index contributed by atoms with van der Waals surface area (Å²) in [4.78, 5) is 24.8. The number of nitrogens with one attached hydrogen (secondary N) is 2. The van der Waals surface area contributed by atoms with Crippen molar-refractivity contribution >= 4 is 29.1 Å². The molecule has 5 heteroatoms. The van der Waals surface area contributed by atoms with Gasteiger partial charge in [-0.15, -0.1) is 0 Å². The molecule has 0 atom stereocenters. The summed E-state index contributed by atoms with van der Waals surface area (Å²) in [5.74, 6) is -0.183. The second-order valence-electron chi connectivity index (χ2n) is 7.39. The van der Waals surface area contributed by atoms with Crippen LogP contribution in [0.15, 0.2) is 42.5 Å². The molecule has 1 aliphatic carbocycles. The monoisotopic (exact) mass is 354 g/mol. The Morgan fingerprint density at radius 3 is 2.60 bits per heavy atom. The van der Waals surface area contributed by atoms with Crippen molar-refractivity contribution in [1.29, 1.82) is 0 Å². The third-order valence-corrected chi connectivity index (χ3v) is 5.49. The van der Waals surface area contributed by atoms with Gasteiger partial charge in [-0.2, -0.15) is 0 Å². The topological polar surface area (TPSA) is 58.2 Å². The number of carbonyl (C=O) groups is 2. The zero-order valence-corrected chi connectivity index (χ0v) is 14.9. The Labute approximate surface area is 151 Å². The van der Waals surface area contributed by atoms with Gasteiger partial charge in [-0.25, -0.2) is 0 Å². The lowest BCUT2D eigenvalue weighted by atomic mass is 9.86. The molecule has 0 saturated heterocycles. The minimum atomic E-state index is -0.567. The van der Waals surface area contributed by atoms with Crippen LogP contribution in [0.1, 0.15) is 48.2 Å². The van der Waals surface area contributed by atoms with Crippen molar-refractivity contribution in [3.8, 4) is 0 Å². The molecule has 2 amide bonds. The summed E-state index contributed by atoms with van der Waals surface area (Å²) in [5.41, 5.74) is 2.32. The number of halogens is 1. The van der Waals surface area contributed by atoms with E-state index >= 15 is 0 Å². The molecule has 0 aromatic heterocycles. The van der Waals surface area contributed by atoms with Crippen molar-refractivity contribution in [2.24, 2.45) is 0 Å². The van der Waals surface area contributed by atoms with Crippen molar-refractivity contribution in [3.63, 3.8) is 0 Å². The molecule has 1 fully saturated rings. The predicted octanol–water partition coefficient (Wildman–Crippen LogP) is 3.99. The van der Waals surface area contributed by atoms with E-state index in [9.17, 15) is 9.59 Å². The molecule has 25 heavy (non-hydrogen) atoms. The zero-order chi connectivity index (χ0) is 17.8. The highest BCUT2D eigenvalue weighted by molar-refractivity contribution is 6.30. The molecule has 1 heterocycles. The lowest BCUT2D eigenvalue weighted by molar-refractivity contribution is -0.119. The average Bonchev–Trinajstić information content (AvgIpc) is 3.30. The van der Waals surface area contributed by atoms with Crippen LogP contribution in [0.3, 0.4) is 0 Å². The fourth-order valence-corrected chi connectivity index (χ4v) is 3.61. The quantitative estimate of drug-likeness (QED) is 0.875. The first-order valence-corrected chi connectivity index (χ1v) is 8.74. The first kappa shape index (κ1) is 16.2. The van der Waals surface area contributed by atoms with Crippen LogP contribution in [0.2, 0.25) is 5.02 Å². The summed E-state index contributed by atoms with van der Waals surface area (Å²) < 4.78 is 0. The Balaban J connectivity index is 1.59. The lowest BCUT2D eigenvalue weighted by Crippen LogP contribution is -2.34. The molecule has 0 unspecified atom stereocenters. The number of hydrogen-bond acceptors (Lipinski definition) is 2. The summed E-state index contributed by atoms with van der Waals surface area (Å²) in [7, 11) is 0. The molecular weight excluding hydrogens is 336 g/mol. The van der Waals surface area contributed by atoms with Gasteiger partial charge in [0.15, 0.2) is 0 Å². The van der Waals surface area contributed by atoms with Crippen LogP contribution in [0.25, 0.3) is 0 Å². The van der Waals surface area contributed by atoms with Gasteiger partial charge in [0.05, 0.1) is 11.0 Å². The minimum absolute atomic E-state index is 0.0438. The molecule has 2 N–H and O–H groups in total. The van der Waals surface area contributed by atoms with E-state index in [2.05, 4.69) is 10.6 Å². The second-order valence-corrected chi connectivity index (χ2v) is 7.82. The van der Waals surface area contributed by atoms with E-state index in [1.165, 1.54) is 0 Å². The summed E-state index contributed by atoms with van der Waals surface area (Å²) in [6.07, 6.45) is 1.79. The van der Waals surface area contributed by atoms with Gasteiger partial charge in [-0.1, -0.05) is 29.8 Å². The standard InChI is InChI=1S/C20H19ClN2O2/c1-19(2)15-7-6-12(10-16(15)22-18(19)25)17(24)23-20(8-9-20)13-4-3-5-14(21)11-13/h3-7,10-11H,8-9H2,1-2H3,(H,22,25)(H,23,24). The van der Waals surface area contributed by atoms with E-state index in [1.54, 1.807) is 12.1 Å². The summed E-state index contributed by atoms with van der Waals surface area (Å²) in [6, 6.07) is 13.0. The van der Waals surface area contributed by atoms with E-state index in [0.717, 1.165) is 29.7 Å². The number of hydrogen-bond donors (Lipinski definition) is 2. The third kappa shape index (κ3) is 2.61. The van der Waals surface area contributed by atoms with Gasteiger partial charge in [0.25, 0.3) is 5.91 Å². The minimum Gasteiger partial charge on any atom is -0.343 e. The van der Waals surface area contributed by atoms with Crippen molar-refractivity contribution in [3.05, 3.63) is 64.2 Å². The Morgan fingerprint density at radius 2 is 1.92 bits per heavy atom. The molecule has 2 aromatic carbocycles. The summed E-state index contributed by atoms with van der Waals surface area (Å²) in [6.45, 7) is 3.76. The third-order valence-electron chi connectivity index (χ3n) is 5.25. The number of rotatable bonds is 3. The van der Waals surface area contributed by atoms with Gasteiger partial charge in [-0.05, 0) is 62.1 Å². The lowest BCUT2D eigenvalue weighted by Gasteiger charge is -2.19. The first-order valence-electron chi connectivity index (χ1n) is 8.36. The fourth-order valence-electron chi connectivity index (χ4n) is 3.42. The maximum absolute atomic E-state index is 12.7. The van der Waals surface area contributed by atoms with E-state index in [0.29, 0.717) is 10.6 Å². The van der Waals surface area contributed by atoms with Crippen LogP contribution in [0.4, 0.5) is 5.69 Å². The van der Waals surface area contributed by atoms with E-state index in [-0.39, 0.29) is 17.4 Å². The fraction of sp³-hybridized carbons (Fsp3) is 0.300. The van der Waals surface area contributed by atoms with E-state index in [4.69, 9.17) is 11.6 Å². The largest absolute Gasteiger partial charge is 0.343 e. The summed E-state index contributed by atoms with van der Waals surface area (Å²) >= 11 is 6.08. The first-order chi connectivity index (χ1) is 11.8. The van der Waals surface area contributed by atoms with E-state index < -0.39 is 5.41 Å². The maximum atomic E-state index is 12.7. The SMILES string of the molecule is CC1(C)C(=O)Nc2cc(C(=O)NC3(c4cccc(Cl)c4)CC3)ccc21. The number of carbonyl (C=O) groups excluding carboxylic acids is 2. The van der Waals surface area contributed by atoms with Crippen molar-refractivity contribution < 1.29 is 9.59 Å². The number of amides is 2. The van der Waals surface area contributed by atoms with Crippen LogP contribution in [-0.4, -0.2) is 11.8 Å². The Kier molecular flexibility index (Phi) is 3.45. The van der Waals surface area contributed by atoms with Gasteiger partial charge in [0.1, 0.15) is 0 Å². The predicted molar refractivity (Wildman–Crippen MR) is 97.9 cm³/mol. The van der Waals surface area contributed by atoms with Crippen molar-refractivity contribution in [1.82, 2.24) is 5.32 Å². The molecule has 0 radical (unpaired) electrons. The van der Waals surface area contributed by atoms with Crippen molar-refractivity contribution in [2.75, 3.05) is 5.32 Å². The van der Waals surface area contributed by atoms with Crippen molar-refractivity contribution in [2.45, 2.75) is 37.6 Å². The van der Waals surface area contributed by atoms with Gasteiger partial charge in [-0.3, -0.25) is 9.59 Å². The molecule has 1 saturated carbocycles. The van der Waals surface area contributed by atoms with Gasteiger partial charge in [0, 0.05) is 16.3 Å². The van der Waals surface area contributed by atoms with Crippen LogP contribution >= 0.6 is 11.6 Å². The average molecular weight is 355 g/mol. The number of fused-ring (bicyclic) bond motifs is 1. The normalized spacial score (nSPS) is 19.1. The van der Waals surface area contributed by atoms with Crippen LogP contribution in [0, 0.1) is 0 Å². The Hall–Kier alpha value is -2.33. The number of anilines is 1. The van der Waals surface area contributed by atoms with Crippen LogP contribution in [0.5, 0.6) is 0 Å². The Morgan fingerprint density at radius 1 is 1.16 bits per heavy atom. The molecular formula is C20H19ClN2O2. The molecule has 1 aliphatic heterocycles. The molecule has 4 nitrogen and oxygen atoms in total. The zero-order valence-electron chi connectivity index (χ0n) is 14.2. The molecule has 2 aliphatic rings. The molecule has 4 rings (SSSR count). The molecule has 0 bridgehead atoms. The number of benzene rings is 2. The molecule has 2 aromatic rings. The van der Waals surface area contributed by atoms with Gasteiger partial charge >= 0.3 is 0 Å². The van der Waals surface area contributed by atoms with Gasteiger partial charge in [0.2, 0.25) is 5.91 Å².